The Bertz CT molecular complexity index is 575. The summed E-state index contributed by atoms with van der Waals surface area (Å²) in [4.78, 5) is 2.02. The van der Waals surface area contributed by atoms with Gasteiger partial charge in [-0.25, -0.2) is 15.2 Å². The topological polar surface area (TPSA) is 42.6 Å². The SMILES string of the molecule is Fc1ccc(C2CC3C4NNC(=S)N4C=CN3N2)cc1. The maximum atomic E-state index is 13.0. The average molecular weight is 291 g/mol. The van der Waals surface area contributed by atoms with Crippen LogP contribution in [-0.4, -0.2) is 27.2 Å². The van der Waals surface area contributed by atoms with E-state index in [2.05, 4.69) is 21.3 Å². The highest BCUT2D eigenvalue weighted by molar-refractivity contribution is 7.80. The van der Waals surface area contributed by atoms with E-state index in [1.165, 1.54) is 12.1 Å². The van der Waals surface area contributed by atoms with Crippen molar-refractivity contribution in [2.45, 2.75) is 24.7 Å². The van der Waals surface area contributed by atoms with Crippen molar-refractivity contribution in [1.29, 1.82) is 0 Å². The molecule has 7 heteroatoms. The van der Waals surface area contributed by atoms with Crippen LogP contribution in [0.2, 0.25) is 0 Å². The van der Waals surface area contributed by atoms with Crippen LogP contribution in [0.1, 0.15) is 18.0 Å². The van der Waals surface area contributed by atoms with Crippen molar-refractivity contribution in [3.8, 4) is 0 Å². The number of halogens is 1. The Morgan fingerprint density at radius 2 is 2.00 bits per heavy atom. The summed E-state index contributed by atoms with van der Waals surface area (Å²) in [7, 11) is 0. The largest absolute Gasteiger partial charge is 0.307 e. The summed E-state index contributed by atoms with van der Waals surface area (Å²) in [6, 6.07) is 7.11. The number of nitrogens with zero attached hydrogens (tertiary/aromatic N) is 2. The van der Waals surface area contributed by atoms with E-state index in [0.29, 0.717) is 5.11 Å². The van der Waals surface area contributed by atoms with Crippen molar-refractivity contribution in [2.75, 3.05) is 0 Å². The minimum absolute atomic E-state index is 0.116. The number of nitrogens with one attached hydrogen (secondary N) is 3. The van der Waals surface area contributed by atoms with E-state index < -0.39 is 0 Å². The van der Waals surface area contributed by atoms with E-state index in [9.17, 15) is 4.39 Å². The van der Waals surface area contributed by atoms with Gasteiger partial charge in [-0.15, -0.1) is 0 Å². The third kappa shape index (κ3) is 1.78. The van der Waals surface area contributed by atoms with Gasteiger partial charge in [0.25, 0.3) is 0 Å². The van der Waals surface area contributed by atoms with Gasteiger partial charge in [0.15, 0.2) is 5.11 Å². The summed E-state index contributed by atoms with van der Waals surface area (Å²) in [5.74, 6) is -0.206. The highest BCUT2D eigenvalue weighted by Gasteiger charge is 2.44. The Morgan fingerprint density at radius 3 is 2.80 bits per heavy atom. The number of hydrogen-bond acceptors (Lipinski definition) is 4. The van der Waals surface area contributed by atoms with Crippen LogP contribution in [0.25, 0.3) is 0 Å². The van der Waals surface area contributed by atoms with Crippen molar-refractivity contribution < 1.29 is 4.39 Å². The zero-order chi connectivity index (χ0) is 13.7. The first kappa shape index (κ1) is 12.1. The Hall–Kier alpha value is -1.70. The van der Waals surface area contributed by atoms with Gasteiger partial charge in [0, 0.05) is 12.4 Å². The number of hydrogen-bond donors (Lipinski definition) is 3. The standard InChI is InChI=1S/C13H14FN5S/c14-9-3-1-8(2-4-9)10-7-11-12-15-16-13(20)18(12)5-6-19(11)17-10/h1-6,10-12,15,17H,7H2,(H,16,20). The summed E-state index contributed by atoms with van der Waals surface area (Å²) >= 11 is 5.23. The first-order valence-electron chi connectivity index (χ1n) is 6.54. The molecule has 2 saturated heterocycles. The number of fused-ring (bicyclic) bond motifs is 3. The summed E-state index contributed by atoms with van der Waals surface area (Å²) in [5.41, 5.74) is 10.7. The second-order valence-corrected chi connectivity index (χ2v) is 5.55. The molecule has 0 bridgehead atoms. The van der Waals surface area contributed by atoms with Crippen LogP contribution in [0.3, 0.4) is 0 Å². The molecule has 3 aliphatic heterocycles. The predicted molar refractivity (Wildman–Crippen MR) is 76.2 cm³/mol. The van der Waals surface area contributed by atoms with Gasteiger partial charge in [-0.1, -0.05) is 12.1 Å². The van der Waals surface area contributed by atoms with Crippen LogP contribution in [0, 0.1) is 5.82 Å². The Labute approximate surface area is 121 Å². The molecule has 3 atom stereocenters. The predicted octanol–water partition coefficient (Wildman–Crippen LogP) is 0.951. The van der Waals surface area contributed by atoms with Gasteiger partial charge in [0.1, 0.15) is 12.0 Å². The number of benzene rings is 1. The van der Waals surface area contributed by atoms with Crippen LogP contribution in [-0.2, 0) is 0 Å². The molecule has 0 saturated carbocycles. The van der Waals surface area contributed by atoms with Gasteiger partial charge in [-0.05, 0) is 36.3 Å². The molecule has 1 aromatic rings. The Kier molecular flexibility index (Phi) is 2.66. The van der Waals surface area contributed by atoms with E-state index in [-0.39, 0.29) is 24.1 Å². The molecule has 5 nitrogen and oxygen atoms in total. The van der Waals surface area contributed by atoms with E-state index in [0.717, 1.165) is 12.0 Å². The van der Waals surface area contributed by atoms with Gasteiger partial charge in [-0.3, -0.25) is 5.43 Å². The molecule has 3 aliphatic rings. The molecular formula is C13H14FN5S. The second kappa shape index (κ2) is 4.41. The monoisotopic (exact) mass is 291 g/mol. The molecule has 0 radical (unpaired) electrons. The number of rotatable bonds is 1. The summed E-state index contributed by atoms with van der Waals surface area (Å²) < 4.78 is 13.0. The van der Waals surface area contributed by atoms with E-state index in [1.54, 1.807) is 0 Å². The zero-order valence-corrected chi connectivity index (χ0v) is 11.4. The fourth-order valence-electron chi connectivity index (χ4n) is 3.01. The van der Waals surface area contributed by atoms with Crippen molar-refractivity contribution in [2.24, 2.45) is 0 Å². The van der Waals surface area contributed by atoms with Gasteiger partial charge in [0.05, 0.1) is 12.1 Å². The lowest BCUT2D eigenvalue weighted by Gasteiger charge is -2.35. The second-order valence-electron chi connectivity index (χ2n) is 5.17. The molecule has 0 aromatic heterocycles. The smallest absolute Gasteiger partial charge is 0.189 e. The highest BCUT2D eigenvalue weighted by atomic mass is 32.1. The third-order valence-electron chi connectivity index (χ3n) is 4.03. The Morgan fingerprint density at radius 1 is 1.20 bits per heavy atom. The van der Waals surface area contributed by atoms with Crippen molar-refractivity contribution in [3.63, 3.8) is 0 Å². The molecular weight excluding hydrogens is 277 g/mol. The van der Waals surface area contributed by atoms with Gasteiger partial charge < -0.3 is 9.91 Å². The minimum atomic E-state index is -0.206. The maximum absolute atomic E-state index is 13.0. The fourth-order valence-corrected chi connectivity index (χ4v) is 3.24. The molecule has 2 fully saturated rings. The normalized spacial score (nSPS) is 31.2. The molecule has 104 valence electrons. The number of hydrazine groups is 2. The number of thiocarbonyl (C=S) groups is 1. The van der Waals surface area contributed by atoms with E-state index in [4.69, 9.17) is 12.2 Å². The first-order chi connectivity index (χ1) is 9.72. The molecule has 0 spiro atoms. The summed E-state index contributed by atoms with van der Waals surface area (Å²) in [6.45, 7) is 0. The lowest BCUT2D eigenvalue weighted by molar-refractivity contribution is 0.153. The Balaban J connectivity index is 1.57. The maximum Gasteiger partial charge on any atom is 0.189 e. The van der Waals surface area contributed by atoms with Crippen molar-refractivity contribution in [1.82, 2.24) is 26.2 Å². The molecule has 3 heterocycles. The quantitative estimate of drug-likeness (QED) is 0.670. The van der Waals surface area contributed by atoms with Gasteiger partial charge in [-0.2, -0.15) is 0 Å². The van der Waals surface area contributed by atoms with Gasteiger partial charge in [0.2, 0.25) is 0 Å². The summed E-state index contributed by atoms with van der Waals surface area (Å²) in [6.07, 6.45) is 4.99. The van der Waals surface area contributed by atoms with Crippen LogP contribution in [0.5, 0.6) is 0 Å². The minimum Gasteiger partial charge on any atom is -0.307 e. The van der Waals surface area contributed by atoms with E-state index >= 15 is 0 Å². The average Bonchev–Trinajstić information content (AvgIpc) is 3.03. The third-order valence-corrected chi connectivity index (χ3v) is 4.34. The van der Waals surface area contributed by atoms with Gasteiger partial charge >= 0.3 is 0 Å². The van der Waals surface area contributed by atoms with Crippen LogP contribution in [0.15, 0.2) is 36.7 Å². The van der Waals surface area contributed by atoms with Crippen molar-refractivity contribution in [3.05, 3.63) is 48.0 Å². The first-order valence-corrected chi connectivity index (χ1v) is 6.95. The molecule has 3 unspecified atom stereocenters. The van der Waals surface area contributed by atoms with Crippen LogP contribution in [0.4, 0.5) is 4.39 Å². The van der Waals surface area contributed by atoms with Crippen LogP contribution < -0.4 is 16.3 Å². The molecule has 1 aromatic carbocycles. The fraction of sp³-hybridized carbons (Fsp3) is 0.308. The molecule has 4 rings (SSSR count). The zero-order valence-electron chi connectivity index (χ0n) is 10.6. The lowest BCUT2D eigenvalue weighted by Crippen LogP contribution is -2.53. The lowest BCUT2D eigenvalue weighted by atomic mass is 10.00. The molecule has 0 amide bonds. The molecule has 20 heavy (non-hydrogen) atoms. The van der Waals surface area contributed by atoms with Crippen LogP contribution >= 0.6 is 12.2 Å². The molecule has 0 aliphatic carbocycles. The highest BCUT2D eigenvalue weighted by Crippen LogP contribution is 2.33. The van der Waals surface area contributed by atoms with E-state index in [1.807, 2.05) is 29.4 Å². The summed E-state index contributed by atoms with van der Waals surface area (Å²) in [5, 5.41) is 2.79. The van der Waals surface area contributed by atoms with Crippen molar-refractivity contribution >= 4 is 17.3 Å². The molecule has 3 N–H and O–H groups in total.